The van der Waals surface area contributed by atoms with E-state index in [9.17, 15) is 18.0 Å². The highest BCUT2D eigenvalue weighted by Gasteiger charge is 2.31. The molecular formula is C16H12BrF3O. The Hall–Kier alpha value is -1.62. The summed E-state index contributed by atoms with van der Waals surface area (Å²) in [4.78, 5) is 12.5. The van der Waals surface area contributed by atoms with Crippen LogP contribution in [-0.4, -0.2) is 5.78 Å². The van der Waals surface area contributed by atoms with Gasteiger partial charge in [-0.2, -0.15) is 13.2 Å². The second kappa shape index (κ2) is 5.64. The van der Waals surface area contributed by atoms with Crippen LogP contribution in [0.3, 0.4) is 0 Å². The average Bonchev–Trinajstić information content (AvgIpc) is 2.37. The van der Waals surface area contributed by atoms with Crippen LogP contribution < -0.4 is 0 Å². The summed E-state index contributed by atoms with van der Waals surface area (Å²) in [5.41, 5.74) is 1.31. The number of halogens is 4. The molecule has 0 heterocycles. The zero-order valence-corrected chi connectivity index (χ0v) is 13.0. The van der Waals surface area contributed by atoms with Gasteiger partial charge in [-0.1, -0.05) is 39.7 Å². The van der Waals surface area contributed by atoms with Gasteiger partial charge in [0.05, 0.1) is 5.56 Å². The van der Waals surface area contributed by atoms with E-state index < -0.39 is 17.5 Å². The summed E-state index contributed by atoms with van der Waals surface area (Å²) in [6.45, 7) is 3.66. The minimum Gasteiger partial charge on any atom is -0.289 e. The number of alkyl halides is 3. The maximum absolute atomic E-state index is 12.8. The summed E-state index contributed by atoms with van der Waals surface area (Å²) < 4.78 is 38.7. The molecule has 0 N–H and O–H groups in total. The Bertz CT molecular complexity index is 705. The molecule has 1 nitrogen and oxygen atoms in total. The molecule has 21 heavy (non-hydrogen) atoms. The minimum absolute atomic E-state index is 0.0109. The minimum atomic E-state index is -4.47. The van der Waals surface area contributed by atoms with Crippen LogP contribution in [0.2, 0.25) is 0 Å². The van der Waals surface area contributed by atoms with Gasteiger partial charge in [-0.3, -0.25) is 4.79 Å². The molecule has 0 spiro atoms. The number of benzene rings is 2. The van der Waals surface area contributed by atoms with Gasteiger partial charge in [-0.15, -0.1) is 0 Å². The third-order valence-electron chi connectivity index (χ3n) is 3.16. The van der Waals surface area contributed by atoms with E-state index in [1.54, 1.807) is 19.1 Å². The summed E-state index contributed by atoms with van der Waals surface area (Å²) in [5.74, 6) is -0.425. The van der Waals surface area contributed by atoms with E-state index in [0.717, 1.165) is 23.3 Å². The Morgan fingerprint density at radius 1 is 1.00 bits per heavy atom. The molecule has 0 aliphatic rings. The SMILES string of the molecule is Cc1ccc(C(=O)c2cc(C(F)(F)F)ccc2Br)c(C)c1. The van der Waals surface area contributed by atoms with Crippen molar-refractivity contribution in [2.75, 3.05) is 0 Å². The molecule has 0 aliphatic heterocycles. The van der Waals surface area contributed by atoms with Gasteiger partial charge in [0, 0.05) is 15.6 Å². The number of hydrogen-bond acceptors (Lipinski definition) is 1. The first-order valence-electron chi connectivity index (χ1n) is 6.19. The molecule has 0 bridgehead atoms. The van der Waals surface area contributed by atoms with Gasteiger partial charge in [-0.25, -0.2) is 0 Å². The molecular weight excluding hydrogens is 345 g/mol. The van der Waals surface area contributed by atoms with Crippen molar-refractivity contribution in [2.24, 2.45) is 0 Å². The van der Waals surface area contributed by atoms with Gasteiger partial charge in [-0.05, 0) is 37.6 Å². The average molecular weight is 357 g/mol. The molecule has 5 heteroatoms. The maximum Gasteiger partial charge on any atom is 0.416 e. The molecule has 2 aromatic rings. The van der Waals surface area contributed by atoms with Crippen molar-refractivity contribution in [3.63, 3.8) is 0 Å². The lowest BCUT2D eigenvalue weighted by molar-refractivity contribution is -0.137. The molecule has 0 atom stereocenters. The Labute approximate surface area is 128 Å². The molecule has 0 unspecified atom stereocenters. The van der Waals surface area contributed by atoms with Gasteiger partial charge >= 0.3 is 6.18 Å². The fraction of sp³-hybridized carbons (Fsp3) is 0.188. The largest absolute Gasteiger partial charge is 0.416 e. The molecule has 2 aromatic carbocycles. The van der Waals surface area contributed by atoms with E-state index in [-0.39, 0.29) is 5.56 Å². The number of ketones is 1. The summed E-state index contributed by atoms with van der Waals surface area (Å²) in [6, 6.07) is 8.31. The number of rotatable bonds is 2. The third kappa shape index (κ3) is 3.35. The molecule has 0 radical (unpaired) electrons. The summed E-state index contributed by atoms with van der Waals surface area (Å²) in [6.07, 6.45) is -4.47. The van der Waals surface area contributed by atoms with Crippen LogP contribution in [0, 0.1) is 13.8 Å². The highest BCUT2D eigenvalue weighted by Crippen LogP contribution is 2.33. The van der Waals surface area contributed by atoms with Crippen LogP contribution in [0.1, 0.15) is 32.6 Å². The number of hydrogen-bond donors (Lipinski definition) is 0. The highest BCUT2D eigenvalue weighted by molar-refractivity contribution is 9.10. The second-order valence-corrected chi connectivity index (χ2v) is 5.69. The summed E-state index contributed by atoms with van der Waals surface area (Å²) >= 11 is 3.15. The van der Waals surface area contributed by atoms with Gasteiger partial charge in [0.25, 0.3) is 0 Å². The first kappa shape index (κ1) is 15.8. The Balaban J connectivity index is 2.53. The molecule has 0 aliphatic carbocycles. The fourth-order valence-electron chi connectivity index (χ4n) is 2.09. The summed E-state index contributed by atoms with van der Waals surface area (Å²) in [7, 11) is 0. The lowest BCUT2D eigenvalue weighted by atomic mass is 9.96. The van der Waals surface area contributed by atoms with Crippen LogP contribution in [0.15, 0.2) is 40.9 Å². The van der Waals surface area contributed by atoms with E-state index in [4.69, 9.17) is 0 Å². The van der Waals surface area contributed by atoms with E-state index in [2.05, 4.69) is 15.9 Å². The first-order chi connectivity index (χ1) is 9.70. The van der Waals surface area contributed by atoms with Crippen LogP contribution in [-0.2, 0) is 6.18 Å². The van der Waals surface area contributed by atoms with E-state index >= 15 is 0 Å². The van der Waals surface area contributed by atoms with Crippen molar-refractivity contribution in [3.05, 3.63) is 68.7 Å². The van der Waals surface area contributed by atoms with Crippen molar-refractivity contribution in [1.82, 2.24) is 0 Å². The monoisotopic (exact) mass is 356 g/mol. The number of carbonyl (C=O) groups is 1. The maximum atomic E-state index is 12.8. The third-order valence-corrected chi connectivity index (χ3v) is 3.86. The highest BCUT2D eigenvalue weighted by atomic mass is 79.9. The fourth-order valence-corrected chi connectivity index (χ4v) is 2.52. The predicted molar refractivity (Wildman–Crippen MR) is 78.5 cm³/mol. The van der Waals surface area contributed by atoms with Gasteiger partial charge in [0.2, 0.25) is 0 Å². The van der Waals surface area contributed by atoms with E-state index in [1.165, 1.54) is 6.07 Å². The Kier molecular flexibility index (Phi) is 4.23. The van der Waals surface area contributed by atoms with E-state index in [0.29, 0.717) is 10.0 Å². The normalized spacial score (nSPS) is 11.5. The van der Waals surface area contributed by atoms with Crippen molar-refractivity contribution < 1.29 is 18.0 Å². The second-order valence-electron chi connectivity index (χ2n) is 4.84. The van der Waals surface area contributed by atoms with Gasteiger partial charge < -0.3 is 0 Å². The standard InChI is InChI=1S/C16H12BrF3O/c1-9-3-5-12(10(2)7-9)15(21)13-8-11(16(18,19)20)4-6-14(13)17/h3-8H,1-2H3. The molecule has 0 amide bonds. The zero-order valence-electron chi connectivity index (χ0n) is 11.4. The summed E-state index contributed by atoms with van der Waals surface area (Å²) in [5, 5.41) is 0. The molecule has 0 saturated carbocycles. The number of aryl methyl sites for hydroxylation is 2. The van der Waals surface area contributed by atoms with Crippen LogP contribution >= 0.6 is 15.9 Å². The Morgan fingerprint density at radius 2 is 1.67 bits per heavy atom. The molecule has 0 saturated heterocycles. The molecule has 2 rings (SSSR count). The van der Waals surface area contributed by atoms with Crippen molar-refractivity contribution >= 4 is 21.7 Å². The smallest absolute Gasteiger partial charge is 0.289 e. The molecule has 0 aromatic heterocycles. The Morgan fingerprint density at radius 3 is 2.24 bits per heavy atom. The quantitative estimate of drug-likeness (QED) is 0.666. The first-order valence-corrected chi connectivity index (χ1v) is 6.98. The van der Waals surface area contributed by atoms with Crippen LogP contribution in [0.4, 0.5) is 13.2 Å². The van der Waals surface area contributed by atoms with Crippen LogP contribution in [0.25, 0.3) is 0 Å². The lowest BCUT2D eigenvalue weighted by Gasteiger charge is -2.11. The van der Waals surface area contributed by atoms with Crippen molar-refractivity contribution in [1.29, 1.82) is 0 Å². The van der Waals surface area contributed by atoms with Gasteiger partial charge in [0.15, 0.2) is 5.78 Å². The number of carbonyl (C=O) groups excluding carboxylic acids is 1. The topological polar surface area (TPSA) is 17.1 Å². The van der Waals surface area contributed by atoms with Crippen molar-refractivity contribution in [3.8, 4) is 0 Å². The van der Waals surface area contributed by atoms with Crippen LogP contribution in [0.5, 0.6) is 0 Å². The molecule has 110 valence electrons. The lowest BCUT2D eigenvalue weighted by Crippen LogP contribution is -2.10. The van der Waals surface area contributed by atoms with Gasteiger partial charge in [0.1, 0.15) is 0 Å². The van der Waals surface area contributed by atoms with E-state index in [1.807, 2.05) is 13.0 Å². The zero-order chi connectivity index (χ0) is 15.8. The molecule has 0 fully saturated rings. The van der Waals surface area contributed by atoms with Crippen molar-refractivity contribution in [2.45, 2.75) is 20.0 Å². The predicted octanol–water partition coefficient (Wildman–Crippen LogP) is 5.32.